The molecule has 0 atom stereocenters. The van der Waals surface area contributed by atoms with Crippen LogP contribution in [-0.4, -0.2) is 55.2 Å². The van der Waals surface area contributed by atoms with Gasteiger partial charge in [0.05, 0.1) is 19.6 Å². The lowest BCUT2D eigenvalue weighted by Crippen LogP contribution is -2.37. The van der Waals surface area contributed by atoms with E-state index in [0.29, 0.717) is 12.4 Å². The van der Waals surface area contributed by atoms with Crippen molar-refractivity contribution in [3.8, 4) is 0 Å². The standard InChI is InChI=1S/C9H16N6O3/c1-2-3-15-8(11-12-13-15)5-14(4-7(10)16)6-9(17)18/h2-6H2,1H3,(H2,10,16)(H,17,18). The van der Waals surface area contributed by atoms with Crippen LogP contribution < -0.4 is 5.73 Å². The zero-order chi connectivity index (χ0) is 13.5. The Morgan fingerprint density at radius 1 is 1.44 bits per heavy atom. The number of nitrogens with zero attached hydrogens (tertiary/aromatic N) is 5. The van der Waals surface area contributed by atoms with E-state index in [1.807, 2.05) is 6.92 Å². The molecular formula is C9H16N6O3. The summed E-state index contributed by atoms with van der Waals surface area (Å²) >= 11 is 0. The molecule has 0 unspecified atom stereocenters. The number of carbonyl (C=O) groups excluding carboxylic acids is 1. The number of hydrogen-bond donors (Lipinski definition) is 2. The largest absolute Gasteiger partial charge is 0.480 e. The van der Waals surface area contributed by atoms with Crippen LogP contribution in [0.25, 0.3) is 0 Å². The number of hydrogen-bond acceptors (Lipinski definition) is 6. The van der Waals surface area contributed by atoms with Gasteiger partial charge >= 0.3 is 5.97 Å². The van der Waals surface area contributed by atoms with Crippen molar-refractivity contribution in [1.29, 1.82) is 0 Å². The fourth-order valence-corrected chi connectivity index (χ4v) is 1.50. The van der Waals surface area contributed by atoms with Crippen molar-refractivity contribution in [3.63, 3.8) is 0 Å². The third kappa shape index (κ3) is 4.45. The van der Waals surface area contributed by atoms with Gasteiger partial charge in [0, 0.05) is 6.54 Å². The molecule has 1 amide bonds. The molecule has 100 valence electrons. The molecular weight excluding hydrogens is 240 g/mol. The predicted octanol–water partition coefficient (Wildman–Crippen LogP) is -1.54. The monoisotopic (exact) mass is 256 g/mol. The van der Waals surface area contributed by atoms with Crippen LogP contribution in [0.3, 0.4) is 0 Å². The fourth-order valence-electron chi connectivity index (χ4n) is 1.50. The summed E-state index contributed by atoms with van der Waals surface area (Å²) in [4.78, 5) is 22.9. The molecule has 0 radical (unpaired) electrons. The number of nitrogens with two attached hydrogens (primary N) is 1. The molecule has 18 heavy (non-hydrogen) atoms. The number of aromatic nitrogens is 4. The Labute approximate surface area is 104 Å². The molecule has 1 aromatic heterocycles. The molecule has 0 aromatic carbocycles. The van der Waals surface area contributed by atoms with E-state index >= 15 is 0 Å². The van der Waals surface area contributed by atoms with Crippen molar-refractivity contribution < 1.29 is 14.7 Å². The molecule has 9 nitrogen and oxygen atoms in total. The van der Waals surface area contributed by atoms with Gasteiger partial charge in [-0.15, -0.1) is 5.10 Å². The molecule has 0 aliphatic carbocycles. The highest BCUT2D eigenvalue weighted by Gasteiger charge is 2.16. The summed E-state index contributed by atoms with van der Waals surface area (Å²) in [6.45, 7) is 2.35. The average molecular weight is 256 g/mol. The summed E-state index contributed by atoms with van der Waals surface area (Å²) in [5.74, 6) is -1.11. The Morgan fingerprint density at radius 2 is 2.17 bits per heavy atom. The van der Waals surface area contributed by atoms with Gasteiger partial charge in [-0.2, -0.15) is 0 Å². The molecule has 0 spiro atoms. The molecule has 1 heterocycles. The Morgan fingerprint density at radius 3 is 2.72 bits per heavy atom. The third-order valence-electron chi connectivity index (χ3n) is 2.14. The van der Waals surface area contributed by atoms with E-state index in [1.54, 1.807) is 4.68 Å². The fraction of sp³-hybridized carbons (Fsp3) is 0.667. The minimum absolute atomic E-state index is 0.148. The van der Waals surface area contributed by atoms with Crippen LogP contribution >= 0.6 is 0 Å². The smallest absolute Gasteiger partial charge is 0.317 e. The number of rotatable bonds is 8. The summed E-state index contributed by atoms with van der Waals surface area (Å²) in [7, 11) is 0. The van der Waals surface area contributed by atoms with Gasteiger partial charge in [-0.05, 0) is 16.8 Å². The minimum atomic E-state index is -1.04. The Kier molecular flexibility index (Phi) is 5.18. The number of primary amides is 1. The lowest BCUT2D eigenvalue weighted by molar-refractivity contribution is -0.138. The Balaban J connectivity index is 2.71. The van der Waals surface area contributed by atoms with Crippen LogP contribution in [0.15, 0.2) is 0 Å². The number of aryl methyl sites for hydroxylation is 1. The average Bonchev–Trinajstić information content (AvgIpc) is 2.64. The first kappa shape index (κ1) is 14.0. The SMILES string of the molecule is CCCn1nnnc1CN(CC(N)=O)CC(=O)O. The molecule has 0 aliphatic heterocycles. The second kappa shape index (κ2) is 6.64. The van der Waals surface area contributed by atoms with E-state index in [4.69, 9.17) is 10.8 Å². The Bertz CT molecular complexity index is 402. The molecule has 0 aliphatic rings. The summed E-state index contributed by atoms with van der Waals surface area (Å²) in [6.07, 6.45) is 0.854. The van der Waals surface area contributed by atoms with E-state index in [2.05, 4.69) is 15.5 Å². The molecule has 3 N–H and O–H groups in total. The van der Waals surface area contributed by atoms with Crippen molar-refractivity contribution in [2.24, 2.45) is 5.73 Å². The van der Waals surface area contributed by atoms with E-state index in [0.717, 1.165) is 6.42 Å². The highest BCUT2D eigenvalue weighted by Crippen LogP contribution is 2.01. The van der Waals surface area contributed by atoms with Crippen LogP contribution in [0, 0.1) is 0 Å². The number of aliphatic carboxylic acids is 1. The Hall–Kier alpha value is -2.03. The number of amides is 1. The molecule has 0 saturated carbocycles. The number of tetrazole rings is 1. The van der Waals surface area contributed by atoms with Gasteiger partial charge < -0.3 is 10.8 Å². The van der Waals surface area contributed by atoms with E-state index in [-0.39, 0.29) is 19.6 Å². The van der Waals surface area contributed by atoms with Crippen LogP contribution in [0.2, 0.25) is 0 Å². The van der Waals surface area contributed by atoms with E-state index in [1.165, 1.54) is 4.90 Å². The van der Waals surface area contributed by atoms with E-state index in [9.17, 15) is 9.59 Å². The zero-order valence-corrected chi connectivity index (χ0v) is 10.1. The molecule has 0 bridgehead atoms. The molecule has 9 heteroatoms. The third-order valence-corrected chi connectivity index (χ3v) is 2.14. The quantitative estimate of drug-likeness (QED) is 0.576. The highest BCUT2D eigenvalue weighted by atomic mass is 16.4. The summed E-state index contributed by atoms with van der Waals surface area (Å²) in [5, 5.41) is 19.9. The maximum atomic E-state index is 10.9. The van der Waals surface area contributed by atoms with Gasteiger partial charge in [-0.25, -0.2) is 4.68 Å². The van der Waals surface area contributed by atoms with E-state index < -0.39 is 11.9 Å². The molecule has 1 rings (SSSR count). The highest BCUT2D eigenvalue weighted by molar-refractivity contribution is 5.77. The number of carboxylic acids is 1. The predicted molar refractivity (Wildman–Crippen MR) is 60.2 cm³/mol. The second-order valence-electron chi connectivity index (χ2n) is 3.82. The van der Waals surface area contributed by atoms with Gasteiger partial charge in [-0.1, -0.05) is 6.92 Å². The van der Waals surface area contributed by atoms with Crippen molar-refractivity contribution in [3.05, 3.63) is 5.82 Å². The van der Waals surface area contributed by atoms with Gasteiger partial charge in [0.25, 0.3) is 0 Å². The van der Waals surface area contributed by atoms with Crippen molar-refractivity contribution in [1.82, 2.24) is 25.1 Å². The lowest BCUT2D eigenvalue weighted by atomic mass is 10.4. The molecule has 1 aromatic rings. The van der Waals surface area contributed by atoms with Crippen molar-refractivity contribution in [2.45, 2.75) is 26.4 Å². The maximum absolute atomic E-state index is 10.9. The first-order valence-electron chi connectivity index (χ1n) is 5.50. The van der Waals surface area contributed by atoms with Crippen molar-refractivity contribution >= 4 is 11.9 Å². The lowest BCUT2D eigenvalue weighted by Gasteiger charge is -2.17. The number of carbonyl (C=O) groups is 2. The molecule has 0 saturated heterocycles. The van der Waals surface area contributed by atoms with Gasteiger partial charge in [0.15, 0.2) is 5.82 Å². The van der Waals surface area contributed by atoms with Crippen LogP contribution in [-0.2, 0) is 22.7 Å². The summed E-state index contributed by atoms with van der Waals surface area (Å²) < 4.78 is 1.58. The molecule has 0 fully saturated rings. The van der Waals surface area contributed by atoms with Crippen LogP contribution in [0.1, 0.15) is 19.2 Å². The zero-order valence-electron chi connectivity index (χ0n) is 10.1. The van der Waals surface area contributed by atoms with Gasteiger partial charge in [-0.3, -0.25) is 14.5 Å². The topological polar surface area (TPSA) is 127 Å². The van der Waals surface area contributed by atoms with Gasteiger partial charge in [0.2, 0.25) is 5.91 Å². The van der Waals surface area contributed by atoms with Crippen LogP contribution in [0.5, 0.6) is 0 Å². The normalized spacial score (nSPS) is 10.8. The van der Waals surface area contributed by atoms with Crippen LogP contribution in [0.4, 0.5) is 0 Å². The second-order valence-corrected chi connectivity index (χ2v) is 3.82. The summed E-state index contributed by atoms with van der Waals surface area (Å²) in [5.41, 5.74) is 5.06. The minimum Gasteiger partial charge on any atom is -0.480 e. The first-order chi connectivity index (χ1) is 8.52. The maximum Gasteiger partial charge on any atom is 0.317 e. The van der Waals surface area contributed by atoms with Crippen molar-refractivity contribution in [2.75, 3.05) is 13.1 Å². The first-order valence-corrected chi connectivity index (χ1v) is 5.50. The number of carboxylic acid groups (broad SMARTS) is 1. The summed E-state index contributed by atoms with van der Waals surface area (Å²) in [6, 6.07) is 0. The van der Waals surface area contributed by atoms with Gasteiger partial charge in [0.1, 0.15) is 0 Å².